The smallest absolute Gasteiger partial charge is 0.159 e. The summed E-state index contributed by atoms with van der Waals surface area (Å²) < 4.78 is 51.8. The summed E-state index contributed by atoms with van der Waals surface area (Å²) in [5.41, 5.74) is 0.223. The van der Waals surface area contributed by atoms with Crippen molar-refractivity contribution < 1.29 is 22.7 Å². The lowest BCUT2D eigenvalue weighted by Crippen LogP contribution is -2.05. The zero-order valence-electron chi connectivity index (χ0n) is 9.71. The molecule has 0 bridgehead atoms. The van der Waals surface area contributed by atoms with E-state index in [-0.39, 0.29) is 12.0 Å². The summed E-state index contributed by atoms with van der Waals surface area (Å²) in [6.07, 6.45) is -1.36. The topological polar surface area (TPSA) is 20.2 Å². The number of halogens is 4. The van der Waals surface area contributed by atoms with Crippen molar-refractivity contribution in [1.29, 1.82) is 0 Å². The number of aliphatic hydroxyl groups is 1. The maximum absolute atomic E-state index is 13.4. The molecule has 0 saturated heterocycles. The summed E-state index contributed by atoms with van der Waals surface area (Å²) >= 11 is 0. The Kier molecular flexibility index (Phi) is 3.85. The Balaban J connectivity index is 2.20. The van der Waals surface area contributed by atoms with E-state index in [9.17, 15) is 22.7 Å². The molecule has 2 rings (SSSR count). The Labute approximate surface area is 107 Å². The summed E-state index contributed by atoms with van der Waals surface area (Å²) in [6, 6.07) is 5.95. The van der Waals surface area contributed by atoms with Gasteiger partial charge in [0.25, 0.3) is 0 Å². The zero-order chi connectivity index (χ0) is 14.0. The van der Waals surface area contributed by atoms with Crippen molar-refractivity contribution in [1.82, 2.24) is 0 Å². The van der Waals surface area contributed by atoms with Crippen LogP contribution < -0.4 is 0 Å². The van der Waals surface area contributed by atoms with Crippen LogP contribution in [-0.2, 0) is 6.42 Å². The number of rotatable bonds is 3. The average molecular weight is 270 g/mol. The van der Waals surface area contributed by atoms with Crippen LogP contribution in [0.15, 0.2) is 36.4 Å². The minimum absolute atomic E-state index is 0.0915. The SMILES string of the molecule is OC(Cc1ccc(F)c(F)c1)c1ccc(F)cc1F. The fraction of sp³-hybridized carbons (Fsp3) is 0.143. The van der Waals surface area contributed by atoms with Crippen molar-refractivity contribution in [2.75, 3.05) is 0 Å². The van der Waals surface area contributed by atoms with Gasteiger partial charge < -0.3 is 5.11 Å². The minimum Gasteiger partial charge on any atom is -0.388 e. The van der Waals surface area contributed by atoms with Gasteiger partial charge in [0.05, 0.1) is 6.10 Å². The predicted octanol–water partition coefficient (Wildman–Crippen LogP) is 3.52. The fourth-order valence-electron chi connectivity index (χ4n) is 1.77. The van der Waals surface area contributed by atoms with Gasteiger partial charge in [0.1, 0.15) is 11.6 Å². The summed E-state index contributed by atoms with van der Waals surface area (Å²) in [7, 11) is 0. The molecule has 5 heteroatoms. The molecule has 1 N–H and O–H groups in total. The molecule has 0 aliphatic carbocycles. The van der Waals surface area contributed by atoms with Crippen LogP contribution in [0, 0.1) is 23.3 Å². The standard InChI is InChI=1S/C14H10F4O/c15-9-2-3-10(12(17)7-9)14(19)6-8-1-4-11(16)13(18)5-8/h1-5,7,14,19H,6H2. The van der Waals surface area contributed by atoms with Crippen LogP contribution in [0.5, 0.6) is 0 Å². The lowest BCUT2D eigenvalue weighted by Gasteiger charge is -2.12. The van der Waals surface area contributed by atoms with E-state index >= 15 is 0 Å². The number of benzene rings is 2. The summed E-state index contributed by atoms with van der Waals surface area (Å²) in [6.45, 7) is 0. The second-order valence-electron chi connectivity index (χ2n) is 4.13. The van der Waals surface area contributed by atoms with Crippen LogP contribution in [0.4, 0.5) is 17.6 Å². The third-order valence-electron chi connectivity index (χ3n) is 2.73. The maximum atomic E-state index is 13.4. The van der Waals surface area contributed by atoms with E-state index in [0.29, 0.717) is 11.6 Å². The highest BCUT2D eigenvalue weighted by molar-refractivity contribution is 5.25. The van der Waals surface area contributed by atoms with E-state index < -0.39 is 29.4 Å². The molecule has 0 fully saturated rings. The molecule has 1 unspecified atom stereocenters. The zero-order valence-corrected chi connectivity index (χ0v) is 9.71. The highest BCUT2D eigenvalue weighted by Crippen LogP contribution is 2.22. The Morgan fingerprint density at radius 1 is 0.842 bits per heavy atom. The van der Waals surface area contributed by atoms with Crippen LogP contribution in [0.25, 0.3) is 0 Å². The molecule has 0 radical (unpaired) electrons. The number of aliphatic hydroxyl groups excluding tert-OH is 1. The molecule has 19 heavy (non-hydrogen) atoms. The van der Waals surface area contributed by atoms with Gasteiger partial charge >= 0.3 is 0 Å². The maximum Gasteiger partial charge on any atom is 0.159 e. The molecule has 2 aromatic carbocycles. The molecule has 2 aromatic rings. The Morgan fingerprint density at radius 2 is 1.58 bits per heavy atom. The number of hydrogen-bond acceptors (Lipinski definition) is 1. The van der Waals surface area contributed by atoms with Crippen molar-refractivity contribution in [3.05, 3.63) is 70.8 Å². The first-order valence-electron chi connectivity index (χ1n) is 5.54. The Bertz CT molecular complexity index is 598. The van der Waals surface area contributed by atoms with E-state index in [4.69, 9.17) is 0 Å². The van der Waals surface area contributed by atoms with E-state index in [2.05, 4.69) is 0 Å². The van der Waals surface area contributed by atoms with E-state index in [1.807, 2.05) is 0 Å². The minimum atomic E-state index is -1.26. The van der Waals surface area contributed by atoms with Gasteiger partial charge in [-0.25, -0.2) is 17.6 Å². The Morgan fingerprint density at radius 3 is 2.21 bits per heavy atom. The summed E-state index contributed by atoms with van der Waals surface area (Å²) in [4.78, 5) is 0. The molecule has 0 spiro atoms. The van der Waals surface area contributed by atoms with Crippen molar-refractivity contribution in [2.45, 2.75) is 12.5 Å². The molecule has 0 aromatic heterocycles. The van der Waals surface area contributed by atoms with Crippen LogP contribution in [0.3, 0.4) is 0 Å². The largest absolute Gasteiger partial charge is 0.388 e. The average Bonchev–Trinajstić information content (AvgIpc) is 2.33. The van der Waals surface area contributed by atoms with Crippen LogP contribution in [-0.4, -0.2) is 5.11 Å². The van der Waals surface area contributed by atoms with E-state index in [0.717, 1.165) is 24.3 Å². The third kappa shape index (κ3) is 3.12. The summed E-state index contributed by atoms with van der Waals surface area (Å²) in [5.74, 6) is -3.66. The van der Waals surface area contributed by atoms with Gasteiger partial charge in [-0.15, -0.1) is 0 Å². The van der Waals surface area contributed by atoms with Gasteiger partial charge in [-0.3, -0.25) is 0 Å². The normalized spacial score (nSPS) is 12.5. The molecule has 0 aliphatic rings. The highest BCUT2D eigenvalue weighted by atomic mass is 19.2. The van der Waals surface area contributed by atoms with Crippen LogP contribution in [0.1, 0.15) is 17.2 Å². The van der Waals surface area contributed by atoms with Crippen molar-refractivity contribution in [2.24, 2.45) is 0 Å². The lowest BCUT2D eigenvalue weighted by molar-refractivity contribution is 0.173. The van der Waals surface area contributed by atoms with E-state index in [1.54, 1.807) is 0 Å². The molecule has 0 saturated carbocycles. The molecule has 0 aliphatic heterocycles. The lowest BCUT2D eigenvalue weighted by atomic mass is 10.0. The fourth-order valence-corrected chi connectivity index (χ4v) is 1.77. The summed E-state index contributed by atoms with van der Waals surface area (Å²) in [5, 5.41) is 9.83. The molecule has 0 amide bonds. The molecule has 0 heterocycles. The van der Waals surface area contributed by atoms with Gasteiger partial charge in [0.15, 0.2) is 11.6 Å². The van der Waals surface area contributed by atoms with Gasteiger partial charge in [-0.2, -0.15) is 0 Å². The van der Waals surface area contributed by atoms with Crippen LogP contribution >= 0.6 is 0 Å². The van der Waals surface area contributed by atoms with Gasteiger partial charge in [-0.1, -0.05) is 12.1 Å². The quantitative estimate of drug-likeness (QED) is 0.846. The molecule has 1 nitrogen and oxygen atoms in total. The van der Waals surface area contributed by atoms with Gasteiger partial charge in [0, 0.05) is 18.1 Å². The molecule has 1 atom stereocenters. The second kappa shape index (κ2) is 5.40. The third-order valence-corrected chi connectivity index (χ3v) is 2.73. The van der Waals surface area contributed by atoms with Gasteiger partial charge in [0.2, 0.25) is 0 Å². The predicted molar refractivity (Wildman–Crippen MR) is 61.4 cm³/mol. The molecular formula is C14H10F4O. The first-order valence-corrected chi connectivity index (χ1v) is 5.54. The monoisotopic (exact) mass is 270 g/mol. The second-order valence-corrected chi connectivity index (χ2v) is 4.13. The van der Waals surface area contributed by atoms with Gasteiger partial charge in [-0.05, 0) is 23.8 Å². The molecule has 100 valence electrons. The number of hydrogen-bond donors (Lipinski definition) is 1. The van der Waals surface area contributed by atoms with Crippen molar-refractivity contribution >= 4 is 0 Å². The van der Waals surface area contributed by atoms with Crippen molar-refractivity contribution in [3.8, 4) is 0 Å². The first-order chi connectivity index (χ1) is 8.97. The first kappa shape index (κ1) is 13.5. The van der Waals surface area contributed by atoms with Crippen LogP contribution in [0.2, 0.25) is 0 Å². The Hall–Kier alpha value is -1.88. The molecular weight excluding hydrogens is 260 g/mol. The highest BCUT2D eigenvalue weighted by Gasteiger charge is 2.15. The van der Waals surface area contributed by atoms with Crippen molar-refractivity contribution in [3.63, 3.8) is 0 Å². The van der Waals surface area contributed by atoms with E-state index in [1.165, 1.54) is 6.07 Å².